The molecular formula is C23H21Cl2N3O4S. The molecule has 0 N–H and O–H groups in total. The van der Waals surface area contributed by atoms with Crippen molar-refractivity contribution in [1.29, 1.82) is 5.26 Å². The van der Waals surface area contributed by atoms with Crippen LogP contribution in [-0.4, -0.2) is 49.2 Å². The van der Waals surface area contributed by atoms with Crippen LogP contribution in [0.1, 0.15) is 33.6 Å². The van der Waals surface area contributed by atoms with E-state index in [9.17, 15) is 13.2 Å². The smallest absolute Gasteiger partial charge is 0.244 e. The topological polar surface area (TPSA) is 91.9 Å². The van der Waals surface area contributed by atoms with Crippen LogP contribution >= 0.6 is 23.2 Å². The first-order valence-corrected chi connectivity index (χ1v) is 12.5. The number of carbonyl (C=O) groups is 1. The van der Waals surface area contributed by atoms with E-state index < -0.39 is 15.8 Å². The van der Waals surface area contributed by atoms with Crippen molar-refractivity contribution < 1.29 is 17.9 Å². The fourth-order valence-corrected chi connectivity index (χ4v) is 6.37. The third kappa shape index (κ3) is 4.27. The van der Waals surface area contributed by atoms with Gasteiger partial charge in [0.1, 0.15) is 4.90 Å². The van der Waals surface area contributed by atoms with Crippen LogP contribution in [0.2, 0.25) is 10.0 Å². The zero-order valence-corrected chi connectivity index (χ0v) is 20.2. The second kappa shape index (κ2) is 9.45. The molecule has 3 aromatic rings. The van der Waals surface area contributed by atoms with Crippen LogP contribution in [0.25, 0.3) is 5.52 Å². The number of rotatable bonds is 6. The van der Waals surface area contributed by atoms with Crippen LogP contribution in [0.3, 0.4) is 0 Å². The minimum absolute atomic E-state index is 0.0452. The lowest BCUT2D eigenvalue weighted by Gasteiger charge is -2.26. The molecule has 0 atom stereocenters. The standard InChI is InChI=1S/C23H21Cl2N3O4S/c1-15-19(6-4-7-26)28-8-3-2-5-20(28)22(15)23(29)16-13-21(18(25)14-17(16)24)33(30,31)27-9-11-32-12-10-27/h2-3,5,8,13-14H,4,6,9-12H2,1H3. The molecule has 0 aliphatic carbocycles. The lowest BCUT2D eigenvalue weighted by Crippen LogP contribution is -2.40. The van der Waals surface area contributed by atoms with Crippen molar-refractivity contribution >= 4 is 44.5 Å². The first kappa shape index (κ1) is 23.7. The molecule has 2 aromatic heterocycles. The molecule has 0 amide bonds. The van der Waals surface area contributed by atoms with E-state index >= 15 is 0 Å². The number of nitriles is 1. The average molecular weight is 506 g/mol. The summed E-state index contributed by atoms with van der Waals surface area (Å²) in [5, 5.41) is 9.06. The highest BCUT2D eigenvalue weighted by Gasteiger charge is 2.31. The number of aryl methyl sites for hydroxylation is 1. The molecule has 1 aromatic carbocycles. The molecule has 0 radical (unpaired) electrons. The van der Waals surface area contributed by atoms with Crippen molar-refractivity contribution in [3.8, 4) is 6.07 Å². The predicted octanol–water partition coefficient (Wildman–Crippen LogP) is 4.26. The Morgan fingerprint density at radius 1 is 1.18 bits per heavy atom. The van der Waals surface area contributed by atoms with Crippen LogP contribution in [0.5, 0.6) is 0 Å². The second-order valence-corrected chi connectivity index (χ2v) is 10.4. The molecular weight excluding hydrogens is 485 g/mol. The van der Waals surface area contributed by atoms with Crippen molar-refractivity contribution in [3.63, 3.8) is 0 Å². The normalized spacial score (nSPS) is 15.0. The van der Waals surface area contributed by atoms with Gasteiger partial charge in [0, 0.05) is 43.4 Å². The Balaban J connectivity index is 1.85. The molecule has 0 spiro atoms. The molecule has 4 rings (SSSR count). The Morgan fingerprint density at radius 2 is 1.91 bits per heavy atom. The number of sulfonamides is 1. The summed E-state index contributed by atoms with van der Waals surface area (Å²) >= 11 is 12.7. The van der Waals surface area contributed by atoms with E-state index in [4.69, 9.17) is 33.2 Å². The average Bonchev–Trinajstić information content (AvgIpc) is 3.08. The number of pyridine rings is 1. The van der Waals surface area contributed by atoms with Crippen molar-refractivity contribution in [1.82, 2.24) is 8.71 Å². The van der Waals surface area contributed by atoms with E-state index in [0.29, 0.717) is 23.9 Å². The number of ketones is 1. The molecule has 1 aliphatic heterocycles. The van der Waals surface area contributed by atoms with Gasteiger partial charge in [0.15, 0.2) is 5.78 Å². The molecule has 1 aliphatic rings. The van der Waals surface area contributed by atoms with Crippen molar-refractivity contribution in [2.24, 2.45) is 0 Å². The van der Waals surface area contributed by atoms with Gasteiger partial charge in [-0.3, -0.25) is 4.79 Å². The first-order chi connectivity index (χ1) is 15.8. The number of hydrogen-bond acceptors (Lipinski definition) is 5. The number of hydrogen-bond donors (Lipinski definition) is 0. The van der Waals surface area contributed by atoms with E-state index in [-0.39, 0.29) is 46.8 Å². The van der Waals surface area contributed by atoms with Crippen LogP contribution < -0.4 is 0 Å². The van der Waals surface area contributed by atoms with Crippen LogP contribution in [0, 0.1) is 18.3 Å². The van der Waals surface area contributed by atoms with Crippen LogP contribution in [0.15, 0.2) is 41.4 Å². The third-order valence-electron chi connectivity index (χ3n) is 5.77. The van der Waals surface area contributed by atoms with Crippen LogP contribution in [-0.2, 0) is 21.2 Å². The molecule has 1 fully saturated rings. The molecule has 7 nitrogen and oxygen atoms in total. The highest BCUT2D eigenvalue weighted by molar-refractivity contribution is 7.89. The summed E-state index contributed by atoms with van der Waals surface area (Å²) in [5.41, 5.74) is 2.71. The Bertz CT molecular complexity index is 1390. The van der Waals surface area contributed by atoms with Gasteiger partial charge in [-0.15, -0.1) is 0 Å². The van der Waals surface area contributed by atoms with Crippen molar-refractivity contribution in [2.45, 2.75) is 24.7 Å². The fourth-order valence-electron chi connectivity index (χ4n) is 4.13. The number of ether oxygens (including phenoxy) is 1. The van der Waals surface area contributed by atoms with Gasteiger partial charge < -0.3 is 9.14 Å². The molecule has 33 heavy (non-hydrogen) atoms. The fraction of sp³-hybridized carbons (Fsp3) is 0.304. The first-order valence-electron chi connectivity index (χ1n) is 10.3. The van der Waals surface area contributed by atoms with Gasteiger partial charge in [-0.25, -0.2) is 8.42 Å². The molecule has 1 saturated heterocycles. The summed E-state index contributed by atoms with van der Waals surface area (Å²) in [4.78, 5) is 13.6. The maximum atomic E-state index is 13.7. The summed E-state index contributed by atoms with van der Waals surface area (Å²) in [6, 6.07) is 10.2. The van der Waals surface area contributed by atoms with Crippen molar-refractivity contribution in [3.05, 3.63) is 69.0 Å². The molecule has 0 unspecified atom stereocenters. The van der Waals surface area contributed by atoms with E-state index in [1.165, 1.54) is 16.4 Å². The number of morpholine rings is 1. The number of aromatic nitrogens is 1. The lowest BCUT2D eigenvalue weighted by atomic mass is 9.99. The Hall–Kier alpha value is -2.41. The van der Waals surface area contributed by atoms with Gasteiger partial charge >= 0.3 is 0 Å². The molecule has 3 heterocycles. The van der Waals surface area contributed by atoms with Crippen LogP contribution in [0.4, 0.5) is 0 Å². The summed E-state index contributed by atoms with van der Waals surface area (Å²) in [6.07, 6.45) is 2.62. The van der Waals surface area contributed by atoms with Gasteiger partial charge in [-0.2, -0.15) is 9.57 Å². The summed E-state index contributed by atoms with van der Waals surface area (Å²) < 4.78 is 34.9. The van der Waals surface area contributed by atoms with E-state index in [1.54, 1.807) is 0 Å². The zero-order valence-electron chi connectivity index (χ0n) is 17.8. The van der Waals surface area contributed by atoms with E-state index in [0.717, 1.165) is 11.3 Å². The number of nitrogens with zero attached hydrogens (tertiary/aromatic N) is 3. The van der Waals surface area contributed by atoms with Crippen molar-refractivity contribution in [2.75, 3.05) is 26.3 Å². The maximum Gasteiger partial charge on any atom is 0.244 e. The monoisotopic (exact) mass is 505 g/mol. The molecule has 10 heteroatoms. The third-order valence-corrected chi connectivity index (χ3v) is 8.45. The Morgan fingerprint density at radius 3 is 2.61 bits per heavy atom. The van der Waals surface area contributed by atoms with E-state index in [2.05, 4.69) is 6.07 Å². The van der Waals surface area contributed by atoms with Gasteiger partial charge in [0.2, 0.25) is 10.0 Å². The Kier molecular flexibility index (Phi) is 6.80. The maximum absolute atomic E-state index is 13.7. The van der Waals surface area contributed by atoms with Gasteiger partial charge in [0.05, 0.1) is 40.4 Å². The number of benzene rings is 1. The minimum Gasteiger partial charge on any atom is -0.379 e. The highest BCUT2D eigenvalue weighted by Crippen LogP contribution is 2.34. The Labute approximate surface area is 202 Å². The van der Waals surface area contributed by atoms with Gasteiger partial charge in [0.25, 0.3) is 0 Å². The molecule has 0 bridgehead atoms. The number of fused-ring (bicyclic) bond motifs is 1. The summed E-state index contributed by atoms with van der Waals surface area (Å²) in [6.45, 7) is 2.81. The minimum atomic E-state index is -3.94. The summed E-state index contributed by atoms with van der Waals surface area (Å²) in [5.74, 6) is -0.403. The molecule has 0 saturated carbocycles. The van der Waals surface area contributed by atoms with Gasteiger partial charge in [-0.05, 0) is 36.8 Å². The predicted molar refractivity (Wildman–Crippen MR) is 126 cm³/mol. The quantitative estimate of drug-likeness (QED) is 0.466. The number of carbonyl (C=O) groups excluding carboxylic acids is 1. The lowest BCUT2D eigenvalue weighted by molar-refractivity contribution is 0.0730. The van der Waals surface area contributed by atoms with Gasteiger partial charge in [-0.1, -0.05) is 29.3 Å². The summed E-state index contributed by atoms with van der Waals surface area (Å²) in [7, 11) is -3.94. The SMILES string of the molecule is Cc1c(C(=O)c2cc(S(=O)(=O)N3CCOCC3)c(Cl)cc2Cl)c2ccccn2c1CCC#N. The van der Waals surface area contributed by atoms with E-state index in [1.807, 2.05) is 35.7 Å². The highest BCUT2D eigenvalue weighted by atomic mass is 35.5. The largest absolute Gasteiger partial charge is 0.379 e. The second-order valence-electron chi connectivity index (χ2n) is 7.67. The number of halogens is 2. The molecule has 172 valence electrons. The zero-order chi connectivity index (χ0) is 23.8.